The fourth-order valence-electron chi connectivity index (χ4n) is 1.24. The second kappa shape index (κ2) is 5.01. The van der Waals surface area contributed by atoms with Crippen LogP contribution in [0.2, 0.25) is 0 Å². The number of nitro groups is 1. The Labute approximate surface area is 99.9 Å². The molecule has 0 fully saturated rings. The Morgan fingerprint density at radius 2 is 2.12 bits per heavy atom. The number of ether oxygens (including phenoxy) is 1. The van der Waals surface area contributed by atoms with Crippen LogP contribution in [0.4, 0.5) is 11.4 Å². The monoisotopic (exact) mass is 239 g/mol. The van der Waals surface area contributed by atoms with Crippen molar-refractivity contribution in [1.82, 2.24) is 0 Å². The Morgan fingerprint density at radius 3 is 2.59 bits per heavy atom. The third kappa shape index (κ3) is 4.28. The van der Waals surface area contributed by atoms with Crippen molar-refractivity contribution in [1.29, 1.82) is 0 Å². The van der Waals surface area contributed by atoms with Gasteiger partial charge in [-0.1, -0.05) is 0 Å². The van der Waals surface area contributed by atoms with Gasteiger partial charge >= 0.3 is 0 Å². The fraction of sp³-hybridized carbons (Fsp3) is 0.455. The van der Waals surface area contributed by atoms with E-state index in [-0.39, 0.29) is 5.69 Å². The van der Waals surface area contributed by atoms with Gasteiger partial charge in [0.2, 0.25) is 0 Å². The molecule has 0 heterocycles. The number of rotatable bonds is 5. The van der Waals surface area contributed by atoms with Gasteiger partial charge in [-0.05, 0) is 13.8 Å². The summed E-state index contributed by atoms with van der Waals surface area (Å²) in [5.74, 6) is 0.441. The molecule has 0 aliphatic carbocycles. The number of benzene rings is 1. The van der Waals surface area contributed by atoms with Crippen LogP contribution >= 0.6 is 0 Å². The molecule has 17 heavy (non-hydrogen) atoms. The van der Waals surface area contributed by atoms with Gasteiger partial charge in [0.05, 0.1) is 18.1 Å². The SMILES string of the molecule is COc1cc(NCC(C)(C)N)cc([N+](=O)[O-])c1. The average Bonchev–Trinajstić information content (AvgIpc) is 2.25. The minimum Gasteiger partial charge on any atom is -0.496 e. The third-order valence-corrected chi connectivity index (χ3v) is 2.09. The second-order valence-corrected chi connectivity index (χ2v) is 4.52. The lowest BCUT2D eigenvalue weighted by atomic mass is 10.1. The minimum absolute atomic E-state index is 0.0123. The van der Waals surface area contributed by atoms with Crippen LogP contribution in [0.1, 0.15) is 13.8 Å². The summed E-state index contributed by atoms with van der Waals surface area (Å²) in [6, 6.07) is 4.52. The molecule has 1 aromatic carbocycles. The first-order chi connectivity index (χ1) is 7.81. The van der Waals surface area contributed by atoms with Gasteiger partial charge in [0.25, 0.3) is 5.69 Å². The number of methoxy groups -OCH3 is 1. The summed E-state index contributed by atoms with van der Waals surface area (Å²) >= 11 is 0. The molecule has 0 aromatic heterocycles. The maximum atomic E-state index is 10.7. The highest BCUT2D eigenvalue weighted by molar-refractivity contribution is 5.56. The summed E-state index contributed by atoms with van der Waals surface area (Å²) in [6.45, 7) is 4.25. The van der Waals surface area contributed by atoms with E-state index < -0.39 is 10.5 Å². The summed E-state index contributed by atoms with van der Waals surface area (Å²) < 4.78 is 5.00. The zero-order valence-corrected chi connectivity index (χ0v) is 10.2. The van der Waals surface area contributed by atoms with E-state index in [0.29, 0.717) is 18.0 Å². The van der Waals surface area contributed by atoms with Crippen LogP contribution in [0.5, 0.6) is 5.75 Å². The molecule has 1 rings (SSSR count). The zero-order valence-electron chi connectivity index (χ0n) is 10.2. The molecule has 3 N–H and O–H groups in total. The summed E-state index contributed by atoms with van der Waals surface area (Å²) in [5.41, 5.74) is 6.04. The molecule has 0 spiro atoms. The third-order valence-electron chi connectivity index (χ3n) is 2.09. The number of nitrogens with two attached hydrogens (primary N) is 1. The van der Waals surface area contributed by atoms with E-state index in [1.807, 2.05) is 13.8 Å². The molecule has 0 saturated heterocycles. The van der Waals surface area contributed by atoms with E-state index in [1.165, 1.54) is 19.2 Å². The van der Waals surface area contributed by atoms with Crippen LogP contribution in [0.3, 0.4) is 0 Å². The van der Waals surface area contributed by atoms with Gasteiger partial charge in [0.15, 0.2) is 0 Å². The lowest BCUT2D eigenvalue weighted by molar-refractivity contribution is -0.384. The predicted molar refractivity (Wildman–Crippen MR) is 66.4 cm³/mol. The Hall–Kier alpha value is -1.82. The number of nitrogens with one attached hydrogen (secondary N) is 1. The highest BCUT2D eigenvalue weighted by Crippen LogP contribution is 2.25. The fourth-order valence-corrected chi connectivity index (χ4v) is 1.24. The van der Waals surface area contributed by atoms with E-state index in [9.17, 15) is 10.1 Å². The zero-order chi connectivity index (χ0) is 13.1. The molecule has 0 amide bonds. The van der Waals surface area contributed by atoms with Crippen molar-refractivity contribution in [3.05, 3.63) is 28.3 Å². The first-order valence-electron chi connectivity index (χ1n) is 5.18. The van der Waals surface area contributed by atoms with Gasteiger partial charge in [-0.15, -0.1) is 0 Å². The van der Waals surface area contributed by atoms with Crippen LogP contribution in [-0.2, 0) is 0 Å². The highest BCUT2D eigenvalue weighted by Gasteiger charge is 2.13. The number of anilines is 1. The molecule has 0 aliphatic rings. The maximum Gasteiger partial charge on any atom is 0.275 e. The van der Waals surface area contributed by atoms with Crippen LogP contribution in [0, 0.1) is 10.1 Å². The standard InChI is InChI=1S/C11H17N3O3/c1-11(2,12)7-13-8-4-9(14(15)16)6-10(5-8)17-3/h4-6,13H,7,12H2,1-3H3. The molecular weight excluding hydrogens is 222 g/mol. The summed E-state index contributed by atoms with van der Waals surface area (Å²) in [5, 5.41) is 13.8. The van der Waals surface area contributed by atoms with Crippen molar-refractivity contribution in [2.45, 2.75) is 19.4 Å². The topological polar surface area (TPSA) is 90.4 Å². The molecule has 0 atom stereocenters. The second-order valence-electron chi connectivity index (χ2n) is 4.52. The van der Waals surface area contributed by atoms with Crippen molar-refractivity contribution in [2.24, 2.45) is 5.73 Å². The summed E-state index contributed by atoms with van der Waals surface area (Å²) in [7, 11) is 1.47. The van der Waals surface area contributed by atoms with Crippen LogP contribution in [-0.4, -0.2) is 24.1 Å². The lowest BCUT2D eigenvalue weighted by Gasteiger charge is -2.19. The molecule has 0 radical (unpaired) electrons. The van der Waals surface area contributed by atoms with Crippen molar-refractivity contribution in [3.8, 4) is 5.75 Å². The van der Waals surface area contributed by atoms with Gasteiger partial charge in [0, 0.05) is 29.9 Å². The van der Waals surface area contributed by atoms with Crippen LogP contribution in [0.15, 0.2) is 18.2 Å². The number of non-ortho nitro benzene ring substituents is 1. The Kier molecular flexibility index (Phi) is 3.90. The van der Waals surface area contributed by atoms with Gasteiger partial charge < -0.3 is 15.8 Å². The lowest BCUT2D eigenvalue weighted by Crippen LogP contribution is -2.39. The molecule has 6 heteroatoms. The summed E-state index contributed by atoms with van der Waals surface area (Å²) in [4.78, 5) is 10.3. The number of hydrogen-bond acceptors (Lipinski definition) is 5. The van der Waals surface area contributed by atoms with Crippen LogP contribution in [0.25, 0.3) is 0 Å². The van der Waals surface area contributed by atoms with Crippen molar-refractivity contribution >= 4 is 11.4 Å². The highest BCUT2D eigenvalue weighted by atomic mass is 16.6. The van der Waals surface area contributed by atoms with Gasteiger partial charge in [0.1, 0.15) is 5.75 Å². The van der Waals surface area contributed by atoms with E-state index in [4.69, 9.17) is 10.5 Å². The Bertz CT molecular complexity index is 413. The first kappa shape index (κ1) is 13.2. The Morgan fingerprint density at radius 1 is 1.47 bits per heavy atom. The van der Waals surface area contributed by atoms with E-state index >= 15 is 0 Å². The minimum atomic E-state index is -0.457. The van der Waals surface area contributed by atoms with Gasteiger partial charge in [-0.25, -0.2) is 0 Å². The Balaban J connectivity index is 2.91. The molecule has 94 valence electrons. The normalized spacial score (nSPS) is 11.1. The number of hydrogen-bond donors (Lipinski definition) is 2. The maximum absolute atomic E-state index is 10.7. The molecular formula is C11H17N3O3. The largest absolute Gasteiger partial charge is 0.496 e. The van der Waals surface area contributed by atoms with E-state index in [2.05, 4.69) is 5.32 Å². The van der Waals surface area contributed by atoms with Crippen molar-refractivity contribution in [3.63, 3.8) is 0 Å². The predicted octanol–water partition coefficient (Wildman–Crippen LogP) is 1.75. The number of nitrogens with zero attached hydrogens (tertiary/aromatic N) is 1. The molecule has 0 bridgehead atoms. The molecule has 0 unspecified atom stereocenters. The average molecular weight is 239 g/mol. The quantitative estimate of drug-likeness (QED) is 0.603. The van der Waals surface area contributed by atoms with E-state index in [0.717, 1.165) is 0 Å². The molecule has 0 saturated carbocycles. The van der Waals surface area contributed by atoms with Crippen LogP contribution < -0.4 is 15.8 Å². The molecule has 6 nitrogen and oxygen atoms in total. The van der Waals surface area contributed by atoms with Gasteiger partial charge in [-0.2, -0.15) is 0 Å². The number of nitro benzene ring substituents is 1. The molecule has 1 aromatic rings. The molecule has 0 aliphatic heterocycles. The summed E-state index contributed by atoms with van der Waals surface area (Å²) in [6.07, 6.45) is 0. The first-order valence-corrected chi connectivity index (χ1v) is 5.18. The van der Waals surface area contributed by atoms with Crippen molar-refractivity contribution < 1.29 is 9.66 Å². The van der Waals surface area contributed by atoms with Crippen molar-refractivity contribution in [2.75, 3.05) is 19.0 Å². The van der Waals surface area contributed by atoms with Gasteiger partial charge in [-0.3, -0.25) is 10.1 Å². The van der Waals surface area contributed by atoms with E-state index in [1.54, 1.807) is 6.07 Å². The smallest absolute Gasteiger partial charge is 0.275 e.